The van der Waals surface area contributed by atoms with Gasteiger partial charge in [-0.2, -0.15) is 0 Å². The summed E-state index contributed by atoms with van der Waals surface area (Å²) in [5.41, 5.74) is -0.567. The van der Waals surface area contributed by atoms with Crippen molar-refractivity contribution in [1.29, 1.82) is 0 Å². The van der Waals surface area contributed by atoms with Gasteiger partial charge in [-0.05, 0) is 34.1 Å². The lowest BCUT2D eigenvalue weighted by Crippen LogP contribution is -2.42. The number of imide groups is 1. The van der Waals surface area contributed by atoms with Crippen molar-refractivity contribution in [1.82, 2.24) is 10.2 Å². The van der Waals surface area contributed by atoms with Gasteiger partial charge < -0.3 is 10.1 Å². The molecule has 1 rings (SSSR count). The van der Waals surface area contributed by atoms with E-state index in [1.165, 1.54) is 4.90 Å². The quantitative estimate of drug-likeness (QED) is 0.675. The van der Waals surface area contributed by atoms with E-state index in [-0.39, 0.29) is 18.5 Å². The van der Waals surface area contributed by atoms with E-state index >= 15 is 0 Å². The minimum absolute atomic E-state index is 0.195. The molecule has 0 aliphatic carbocycles. The average molecular weight is 228 g/mol. The number of ether oxygens (including phenoxy) is 1. The van der Waals surface area contributed by atoms with Crippen LogP contribution in [-0.4, -0.2) is 41.6 Å². The van der Waals surface area contributed by atoms with Crippen LogP contribution in [0.2, 0.25) is 0 Å². The predicted molar refractivity (Wildman–Crippen MR) is 60.0 cm³/mol. The maximum atomic E-state index is 11.7. The third-order valence-corrected chi connectivity index (χ3v) is 2.30. The molecule has 0 spiro atoms. The number of hydrogen-bond donors (Lipinski definition) is 1. The van der Waals surface area contributed by atoms with E-state index in [1.54, 1.807) is 20.8 Å². The molecule has 2 amide bonds. The van der Waals surface area contributed by atoms with Crippen molar-refractivity contribution in [3.63, 3.8) is 0 Å². The van der Waals surface area contributed by atoms with Gasteiger partial charge in [0.15, 0.2) is 0 Å². The van der Waals surface area contributed by atoms with Gasteiger partial charge in [-0.25, -0.2) is 9.69 Å². The summed E-state index contributed by atoms with van der Waals surface area (Å²) in [5.74, 6) is -0.224. The zero-order valence-corrected chi connectivity index (χ0v) is 10.4. The van der Waals surface area contributed by atoms with Gasteiger partial charge in [0.1, 0.15) is 5.60 Å². The third kappa shape index (κ3) is 3.81. The van der Waals surface area contributed by atoms with Crippen LogP contribution >= 0.6 is 0 Å². The smallest absolute Gasteiger partial charge is 0.417 e. The molecule has 1 aliphatic heterocycles. The Bertz CT molecular complexity index is 283. The molecular weight excluding hydrogens is 208 g/mol. The molecule has 0 aromatic heterocycles. The first kappa shape index (κ1) is 13.0. The SMILES string of the molecule is CC1CCN(C(=O)OC(C)(C)C)C(=O)CN1. The van der Waals surface area contributed by atoms with Gasteiger partial charge in [-0.3, -0.25) is 4.79 Å². The molecule has 16 heavy (non-hydrogen) atoms. The topological polar surface area (TPSA) is 58.6 Å². The first-order valence-electron chi connectivity index (χ1n) is 5.56. The van der Waals surface area contributed by atoms with Crippen molar-refractivity contribution in [2.75, 3.05) is 13.1 Å². The highest BCUT2D eigenvalue weighted by Crippen LogP contribution is 2.12. The van der Waals surface area contributed by atoms with E-state index in [4.69, 9.17) is 4.74 Å². The molecule has 0 aromatic rings. The minimum Gasteiger partial charge on any atom is -0.443 e. The van der Waals surface area contributed by atoms with Crippen molar-refractivity contribution < 1.29 is 14.3 Å². The predicted octanol–water partition coefficient (Wildman–Crippen LogP) is 1.13. The standard InChI is InChI=1S/C11H20N2O3/c1-8-5-6-13(9(14)7-12-8)10(15)16-11(2,3)4/h8,12H,5-7H2,1-4H3. The lowest BCUT2D eigenvalue weighted by molar-refractivity contribution is -0.128. The number of carbonyl (C=O) groups excluding carboxylic acids is 2. The van der Waals surface area contributed by atoms with Crippen LogP contribution in [0.4, 0.5) is 4.79 Å². The maximum absolute atomic E-state index is 11.7. The van der Waals surface area contributed by atoms with Crippen LogP contribution < -0.4 is 5.32 Å². The summed E-state index contributed by atoms with van der Waals surface area (Å²) in [5, 5.41) is 3.04. The van der Waals surface area contributed by atoms with Gasteiger partial charge >= 0.3 is 6.09 Å². The Labute approximate surface area is 96.1 Å². The highest BCUT2D eigenvalue weighted by Gasteiger charge is 2.29. The van der Waals surface area contributed by atoms with Crippen molar-refractivity contribution >= 4 is 12.0 Å². The van der Waals surface area contributed by atoms with E-state index in [0.29, 0.717) is 6.54 Å². The maximum Gasteiger partial charge on any atom is 0.417 e. The van der Waals surface area contributed by atoms with Crippen LogP contribution in [0.3, 0.4) is 0 Å². The lowest BCUT2D eigenvalue weighted by Gasteiger charge is -2.25. The van der Waals surface area contributed by atoms with Crippen molar-refractivity contribution in [2.24, 2.45) is 0 Å². The summed E-state index contributed by atoms with van der Waals surface area (Å²) < 4.78 is 5.18. The molecule has 92 valence electrons. The van der Waals surface area contributed by atoms with Crippen LogP contribution in [0.25, 0.3) is 0 Å². The van der Waals surface area contributed by atoms with Gasteiger partial charge in [-0.1, -0.05) is 0 Å². The summed E-state index contributed by atoms with van der Waals surface area (Å²) >= 11 is 0. The molecule has 5 heteroatoms. The second-order valence-electron chi connectivity index (χ2n) is 5.10. The van der Waals surface area contributed by atoms with Gasteiger partial charge in [0.25, 0.3) is 0 Å². The second kappa shape index (κ2) is 4.82. The van der Waals surface area contributed by atoms with Crippen LogP contribution in [0.1, 0.15) is 34.1 Å². The number of nitrogens with one attached hydrogen (secondary N) is 1. The van der Waals surface area contributed by atoms with Crippen LogP contribution in [0, 0.1) is 0 Å². The Hall–Kier alpha value is -1.10. The van der Waals surface area contributed by atoms with Gasteiger partial charge in [-0.15, -0.1) is 0 Å². The third-order valence-electron chi connectivity index (χ3n) is 2.30. The van der Waals surface area contributed by atoms with Crippen molar-refractivity contribution in [3.8, 4) is 0 Å². The molecule has 1 aliphatic rings. The van der Waals surface area contributed by atoms with Gasteiger partial charge in [0.05, 0.1) is 6.54 Å². The number of nitrogens with zero attached hydrogens (tertiary/aromatic N) is 1. The zero-order chi connectivity index (χ0) is 12.3. The number of hydrogen-bond acceptors (Lipinski definition) is 4. The van der Waals surface area contributed by atoms with Crippen LogP contribution in [0.5, 0.6) is 0 Å². The fourth-order valence-corrected chi connectivity index (χ4v) is 1.42. The van der Waals surface area contributed by atoms with E-state index in [1.807, 2.05) is 6.92 Å². The highest BCUT2D eigenvalue weighted by molar-refractivity contribution is 5.93. The fourth-order valence-electron chi connectivity index (χ4n) is 1.42. The van der Waals surface area contributed by atoms with Gasteiger partial charge in [0.2, 0.25) is 5.91 Å². The molecule has 1 heterocycles. The molecule has 0 bridgehead atoms. The largest absolute Gasteiger partial charge is 0.443 e. The molecular formula is C11H20N2O3. The van der Waals surface area contributed by atoms with E-state index in [0.717, 1.165) is 6.42 Å². The molecule has 1 N–H and O–H groups in total. The normalized spacial score (nSPS) is 22.9. The van der Waals surface area contributed by atoms with Crippen molar-refractivity contribution in [2.45, 2.75) is 45.8 Å². The van der Waals surface area contributed by atoms with Crippen LogP contribution in [-0.2, 0) is 9.53 Å². The van der Waals surface area contributed by atoms with Crippen molar-refractivity contribution in [3.05, 3.63) is 0 Å². The van der Waals surface area contributed by atoms with E-state index < -0.39 is 11.7 Å². The first-order valence-corrected chi connectivity index (χ1v) is 5.56. The number of rotatable bonds is 0. The monoisotopic (exact) mass is 228 g/mol. The van der Waals surface area contributed by atoms with E-state index in [2.05, 4.69) is 5.32 Å². The van der Waals surface area contributed by atoms with Gasteiger partial charge in [0, 0.05) is 12.6 Å². The Kier molecular flexibility index (Phi) is 3.91. The summed E-state index contributed by atoms with van der Waals surface area (Å²) in [4.78, 5) is 24.6. The summed E-state index contributed by atoms with van der Waals surface area (Å²) in [6.45, 7) is 7.96. The average Bonchev–Trinajstić information content (AvgIpc) is 2.26. The lowest BCUT2D eigenvalue weighted by atomic mass is 10.2. The van der Waals surface area contributed by atoms with E-state index in [9.17, 15) is 9.59 Å². The van der Waals surface area contributed by atoms with Crippen LogP contribution in [0.15, 0.2) is 0 Å². The minimum atomic E-state index is -0.567. The second-order valence-corrected chi connectivity index (χ2v) is 5.10. The first-order chi connectivity index (χ1) is 7.29. The molecule has 1 fully saturated rings. The molecule has 5 nitrogen and oxygen atoms in total. The Morgan fingerprint density at radius 2 is 2.12 bits per heavy atom. The summed E-state index contributed by atoms with van der Waals surface area (Å²) in [6.07, 6.45) is 0.207. The molecule has 0 radical (unpaired) electrons. The highest BCUT2D eigenvalue weighted by atomic mass is 16.6. The summed E-state index contributed by atoms with van der Waals surface area (Å²) in [6, 6.07) is 0.247. The molecule has 1 saturated heterocycles. The Balaban J connectivity index is 2.63. The zero-order valence-electron chi connectivity index (χ0n) is 10.4. The molecule has 0 saturated carbocycles. The number of carbonyl (C=O) groups is 2. The molecule has 1 atom stereocenters. The molecule has 1 unspecified atom stereocenters. The summed E-state index contributed by atoms with van der Waals surface area (Å²) in [7, 11) is 0. The fraction of sp³-hybridized carbons (Fsp3) is 0.818. The number of amides is 2. The Morgan fingerprint density at radius 3 is 2.69 bits per heavy atom. The molecule has 0 aromatic carbocycles. The Morgan fingerprint density at radius 1 is 1.50 bits per heavy atom.